The number of nitrogens with zero attached hydrogens (tertiary/aromatic N) is 5. The Morgan fingerprint density at radius 3 is 2.84 bits per heavy atom. The molecule has 8 nitrogen and oxygen atoms in total. The van der Waals surface area contributed by atoms with Gasteiger partial charge in [-0.05, 0) is 35.9 Å². The van der Waals surface area contributed by atoms with Crippen molar-refractivity contribution < 1.29 is 0 Å². The highest BCUT2D eigenvalue weighted by Crippen LogP contribution is 2.36. The van der Waals surface area contributed by atoms with Crippen LogP contribution in [-0.4, -0.2) is 25.0 Å². The first-order valence-electron chi connectivity index (χ1n) is 9.63. The molecule has 0 atom stereocenters. The summed E-state index contributed by atoms with van der Waals surface area (Å²) in [6.45, 7) is 0.201. The summed E-state index contributed by atoms with van der Waals surface area (Å²) >= 11 is 0. The predicted molar refractivity (Wildman–Crippen MR) is 118 cm³/mol. The van der Waals surface area contributed by atoms with E-state index in [1.165, 1.54) is 0 Å². The van der Waals surface area contributed by atoms with Crippen molar-refractivity contribution in [3.63, 3.8) is 0 Å². The zero-order chi connectivity index (χ0) is 21.5. The van der Waals surface area contributed by atoms with Crippen LogP contribution in [0.3, 0.4) is 0 Å². The molecule has 150 valence electrons. The van der Waals surface area contributed by atoms with E-state index in [1.54, 1.807) is 29.2 Å². The first-order chi connectivity index (χ1) is 15.1. The number of aryl methyl sites for hydroxylation is 1. The van der Waals surface area contributed by atoms with Crippen molar-refractivity contribution in [1.29, 1.82) is 5.26 Å². The Bertz CT molecular complexity index is 1570. The topological polar surface area (TPSA) is 126 Å². The second-order valence-corrected chi connectivity index (χ2v) is 7.20. The van der Waals surface area contributed by atoms with Crippen LogP contribution >= 0.6 is 0 Å². The lowest BCUT2D eigenvalue weighted by atomic mass is 9.95. The number of rotatable bonds is 3. The van der Waals surface area contributed by atoms with Gasteiger partial charge in [-0.3, -0.25) is 14.5 Å². The Hall–Kier alpha value is -4.35. The minimum atomic E-state index is -0.265. The Morgan fingerprint density at radius 1 is 1.16 bits per heavy atom. The zero-order valence-corrected chi connectivity index (χ0v) is 16.6. The minimum absolute atomic E-state index is 0.201. The first kappa shape index (κ1) is 18.7. The molecular weight excluding hydrogens is 390 g/mol. The van der Waals surface area contributed by atoms with Gasteiger partial charge in [0.1, 0.15) is 0 Å². The number of aromatic nitrogens is 5. The molecule has 0 aliphatic carbocycles. The number of pyridine rings is 1. The molecule has 31 heavy (non-hydrogen) atoms. The quantitative estimate of drug-likeness (QED) is 0.473. The number of H-pyrrole nitrogens is 1. The van der Waals surface area contributed by atoms with Crippen molar-refractivity contribution in [3.8, 4) is 28.5 Å². The second kappa shape index (κ2) is 7.16. The van der Waals surface area contributed by atoms with Gasteiger partial charge in [0.15, 0.2) is 0 Å². The molecule has 0 bridgehead atoms. The molecule has 0 amide bonds. The summed E-state index contributed by atoms with van der Waals surface area (Å²) in [4.78, 5) is 16.5. The van der Waals surface area contributed by atoms with E-state index < -0.39 is 0 Å². The Labute approximate surface area is 176 Å². The van der Waals surface area contributed by atoms with Gasteiger partial charge in [0.25, 0.3) is 5.56 Å². The fraction of sp³-hybridized carbons (Fsp3) is 0.0870. The maximum Gasteiger partial charge on any atom is 0.272 e. The maximum absolute atomic E-state index is 12.2. The van der Waals surface area contributed by atoms with Gasteiger partial charge in [0.2, 0.25) is 0 Å². The summed E-state index contributed by atoms with van der Waals surface area (Å²) in [6.07, 6.45) is 3.46. The van der Waals surface area contributed by atoms with Gasteiger partial charge in [-0.2, -0.15) is 15.5 Å². The van der Waals surface area contributed by atoms with E-state index >= 15 is 0 Å². The lowest BCUT2D eigenvalue weighted by molar-refractivity contribution is 0.776. The van der Waals surface area contributed by atoms with E-state index in [-0.39, 0.29) is 12.1 Å². The standard InChI is InChI=1S/C23H17N7O/c1-30-22(17-8-14-3-2-6-26-20(14)9-15(17)10-24)19(12-27-30)13-4-5-16-18(7-13)21(11-25)28-29-23(16)31/h2-9,12H,11,25H2,1H3,(H,29,31). The third kappa shape index (κ3) is 2.96. The van der Waals surface area contributed by atoms with Crippen molar-refractivity contribution >= 4 is 21.7 Å². The lowest BCUT2D eigenvalue weighted by Crippen LogP contribution is -2.13. The van der Waals surface area contributed by atoms with Crippen LogP contribution in [0.5, 0.6) is 0 Å². The molecule has 0 radical (unpaired) electrons. The fourth-order valence-electron chi connectivity index (χ4n) is 3.92. The number of hydrogen-bond donors (Lipinski definition) is 2. The van der Waals surface area contributed by atoms with Crippen molar-refractivity contribution in [1.82, 2.24) is 25.0 Å². The number of hydrogen-bond acceptors (Lipinski definition) is 6. The summed E-state index contributed by atoms with van der Waals surface area (Å²) in [7, 11) is 1.84. The second-order valence-electron chi connectivity index (χ2n) is 7.20. The van der Waals surface area contributed by atoms with Gasteiger partial charge in [0, 0.05) is 41.7 Å². The number of benzene rings is 2. The van der Waals surface area contributed by atoms with Gasteiger partial charge in [-0.25, -0.2) is 5.10 Å². The highest BCUT2D eigenvalue weighted by Gasteiger charge is 2.18. The number of nitrogens with one attached hydrogen (secondary N) is 1. The Morgan fingerprint density at radius 2 is 2.03 bits per heavy atom. The highest BCUT2D eigenvalue weighted by molar-refractivity contribution is 5.94. The maximum atomic E-state index is 12.2. The summed E-state index contributed by atoms with van der Waals surface area (Å²) < 4.78 is 1.75. The van der Waals surface area contributed by atoms with E-state index in [1.807, 2.05) is 37.4 Å². The minimum Gasteiger partial charge on any atom is -0.325 e. The van der Waals surface area contributed by atoms with Gasteiger partial charge in [-0.15, -0.1) is 0 Å². The Kier molecular flexibility index (Phi) is 4.31. The number of nitrogens with two attached hydrogens (primary N) is 1. The average Bonchev–Trinajstić information content (AvgIpc) is 3.19. The smallest absolute Gasteiger partial charge is 0.272 e. The molecule has 3 aromatic heterocycles. The SMILES string of the molecule is Cn1ncc(-c2ccc3c(=O)[nH]nc(CN)c3c2)c1-c1cc2cccnc2cc1C#N. The van der Waals surface area contributed by atoms with E-state index in [4.69, 9.17) is 5.73 Å². The largest absolute Gasteiger partial charge is 0.325 e. The molecule has 0 aliphatic rings. The normalized spacial score (nSPS) is 11.1. The summed E-state index contributed by atoms with van der Waals surface area (Å²) in [5, 5.41) is 23.0. The van der Waals surface area contributed by atoms with Crippen LogP contribution in [0.15, 0.2) is 59.7 Å². The van der Waals surface area contributed by atoms with Crippen molar-refractivity contribution in [2.24, 2.45) is 12.8 Å². The van der Waals surface area contributed by atoms with Crippen molar-refractivity contribution in [2.45, 2.75) is 6.54 Å². The van der Waals surface area contributed by atoms with Crippen LogP contribution in [0, 0.1) is 11.3 Å². The third-order valence-electron chi connectivity index (χ3n) is 5.43. The van der Waals surface area contributed by atoms with Crippen LogP contribution in [0.4, 0.5) is 0 Å². The van der Waals surface area contributed by atoms with Crippen LogP contribution in [0.1, 0.15) is 11.3 Å². The number of nitriles is 1. The molecule has 0 aliphatic heterocycles. The summed E-state index contributed by atoms with van der Waals surface area (Å²) in [5.41, 5.74) is 10.7. The number of fused-ring (bicyclic) bond motifs is 2. The van der Waals surface area contributed by atoms with Gasteiger partial charge in [0.05, 0.1) is 40.1 Å². The van der Waals surface area contributed by atoms with E-state index in [0.717, 1.165) is 33.3 Å². The molecular formula is C23H17N7O. The molecule has 0 saturated carbocycles. The molecule has 3 heterocycles. The van der Waals surface area contributed by atoms with Crippen LogP contribution in [0.25, 0.3) is 44.1 Å². The number of aromatic amines is 1. The third-order valence-corrected chi connectivity index (χ3v) is 5.43. The monoisotopic (exact) mass is 407 g/mol. The summed E-state index contributed by atoms with van der Waals surface area (Å²) in [6, 6.07) is 15.4. The molecule has 0 unspecified atom stereocenters. The molecule has 8 heteroatoms. The van der Waals surface area contributed by atoms with Crippen molar-refractivity contribution in [3.05, 3.63) is 76.5 Å². The highest BCUT2D eigenvalue weighted by atomic mass is 16.1. The van der Waals surface area contributed by atoms with Gasteiger partial charge < -0.3 is 5.73 Å². The van der Waals surface area contributed by atoms with Gasteiger partial charge in [-0.1, -0.05) is 12.1 Å². The van der Waals surface area contributed by atoms with Crippen LogP contribution < -0.4 is 11.3 Å². The molecule has 5 rings (SSSR count). The van der Waals surface area contributed by atoms with E-state index in [2.05, 4.69) is 26.3 Å². The summed E-state index contributed by atoms with van der Waals surface area (Å²) in [5.74, 6) is 0. The van der Waals surface area contributed by atoms with Crippen molar-refractivity contribution in [2.75, 3.05) is 0 Å². The van der Waals surface area contributed by atoms with Crippen LogP contribution in [-0.2, 0) is 13.6 Å². The van der Waals surface area contributed by atoms with Gasteiger partial charge >= 0.3 is 0 Å². The molecule has 0 spiro atoms. The van der Waals surface area contributed by atoms with E-state index in [0.29, 0.717) is 22.0 Å². The molecule has 0 saturated heterocycles. The predicted octanol–water partition coefficient (Wildman–Crippen LogP) is 2.87. The Balaban J connectivity index is 1.78. The fourth-order valence-corrected chi connectivity index (χ4v) is 3.92. The average molecular weight is 407 g/mol. The molecule has 5 aromatic rings. The first-order valence-corrected chi connectivity index (χ1v) is 9.63. The molecule has 3 N–H and O–H groups in total. The van der Waals surface area contributed by atoms with Crippen LogP contribution in [0.2, 0.25) is 0 Å². The lowest BCUT2D eigenvalue weighted by Gasteiger charge is -2.11. The van der Waals surface area contributed by atoms with E-state index in [9.17, 15) is 10.1 Å². The molecule has 0 fully saturated rings. The zero-order valence-electron chi connectivity index (χ0n) is 16.6. The molecule has 2 aromatic carbocycles.